The number of ether oxygens (including phenoxy) is 1. The zero-order chi connectivity index (χ0) is 19.8. The highest BCUT2D eigenvalue weighted by molar-refractivity contribution is 7.71. The third-order valence-electron chi connectivity index (χ3n) is 6.87. The molecule has 0 unspecified atom stereocenters. The third-order valence-corrected chi connectivity index (χ3v) is 7.16. The van der Waals surface area contributed by atoms with Crippen molar-refractivity contribution in [3.05, 3.63) is 46.5 Å². The van der Waals surface area contributed by atoms with Crippen molar-refractivity contribution in [3.8, 4) is 0 Å². The maximum atomic E-state index is 13.7. The Morgan fingerprint density at radius 2 is 1.79 bits per heavy atom. The van der Waals surface area contributed by atoms with Crippen LogP contribution in [0.3, 0.4) is 0 Å². The molecule has 154 valence electrons. The van der Waals surface area contributed by atoms with E-state index in [9.17, 15) is 4.79 Å². The first kappa shape index (κ1) is 19.0. The molecule has 1 aromatic carbocycles. The summed E-state index contributed by atoms with van der Waals surface area (Å²) in [6.07, 6.45) is 5.80. The second kappa shape index (κ2) is 7.69. The van der Waals surface area contributed by atoms with Crippen LogP contribution < -0.4 is 0 Å². The van der Waals surface area contributed by atoms with Gasteiger partial charge in [0.15, 0.2) is 4.77 Å². The molecule has 2 aliphatic heterocycles. The number of nitrogens with zero attached hydrogens (tertiary/aromatic N) is 3. The van der Waals surface area contributed by atoms with Crippen LogP contribution in [0.2, 0.25) is 0 Å². The van der Waals surface area contributed by atoms with E-state index in [2.05, 4.69) is 31.8 Å². The zero-order valence-electron chi connectivity index (χ0n) is 16.7. The highest BCUT2D eigenvalue weighted by Gasteiger charge is 2.45. The van der Waals surface area contributed by atoms with E-state index in [1.807, 2.05) is 18.2 Å². The fraction of sp³-hybridized carbons (Fsp3) is 0.591. The van der Waals surface area contributed by atoms with Crippen LogP contribution in [0.25, 0.3) is 0 Å². The van der Waals surface area contributed by atoms with Gasteiger partial charge in [0.05, 0.1) is 5.41 Å². The van der Waals surface area contributed by atoms with Gasteiger partial charge >= 0.3 is 0 Å². The Bertz CT molecular complexity index is 920. The predicted octanol–water partition coefficient (Wildman–Crippen LogP) is 3.73. The fourth-order valence-electron chi connectivity index (χ4n) is 5.04. The molecule has 1 aliphatic carbocycles. The van der Waals surface area contributed by atoms with Crippen molar-refractivity contribution in [3.63, 3.8) is 0 Å². The first-order chi connectivity index (χ1) is 14.2. The van der Waals surface area contributed by atoms with Crippen molar-refractivity contribution in [1.82, 2.24) is 19.7 Å². The van der Waals surface area contributed by atoms with Gasteiger partial charge in [-0.3, -0.25) is 9.89 Å². The van der Waals surface area contributed by atoms with Gasteiger partial charge in [0.2, 0.25) is 5.91 Å². The maximum Gasteiger partial charge on any atom is 0.233 e. The predicted molar refractivity (Wildman–Crippen MR) is 112 cm³/mol. The highest BCUT2D eigenvalue weighted by Crippen LogP contribution is 2.41. The molecule has 1 saturated carbocycles. The Labute approximate surface area is 176 Å². The Kier molecular flexibility index (Phi) is 5.04. The number of carbonyl (C=O) groups is 1. The molecule has 2 saturated heterocycles. The summed E-state index contributed by atoms with van der Waals surface area (Å²) in [6.45, 7) is 2.85. The molecule has 3 aliphatic rings. The fourth-order valence-corrected chi connectivity index (χ4v) is 5.33. The van der Waals surface area contributed by atoms with Crippen LogP contribution in [0.15, 0.2) is 30.3 Å². The van der Waals surface area contributed by atoms with E-state index in [-0.39, 0.29) is 5.91 Å². The van der Waals surface area contributed by atoms with Crippen LogP contribution in [0.4, 0.5) is 0 Å². The summed E-state index contributed by atoms with van der Waals surface area (Å²) >= 11 is 5.45. The van der Waals surface area contributed by atoms with Crippen molar-refractivity contribution < 1.29 is 9.53 Å². The first-order valence-corrected chi connectivity index (χ1v) is 11.2. The van der Waals surface area contributed by atoms with Crippen molar-refractivity contribution in [2.45, 2.75) is 55.9 Å². The second-order valence-corrected chi connectivity index (χ2v) is 9.00. The topological polar surface area (TPSA) is 63.2 Å². The SMILES string of the molecule is O=C(N1CCC(c2n[nH]c(=S)n2C2CC2)CC1)C1(c2ccccc2)CCOCC1. The number of piperidine rings is 1. The molecule has 29 heavy (non-hydrogen) atoms. The summed E-state index contributed by atoms with van der Waals surface area (Å²) in [5.41, 5.74) is 0.686. The van der Waals surface area contributed by atoms with Crippen LogP contribution in [-0.2, 0) is 14.9 Å². The molecule has 0 bridgehead atoms. The van der Waals surface area contributed by atoms with E-state index in [4.69, 9.17) is 17.0 Å². The first-order valence-electron chi connectivity index (χ1n) is 10.8. The molecule has 0 atom stereocenters. The highest BCUT2D eigenvalue weighted by atomic mass is 32.1. The summed E-state index contributed by atoms with van der Waals surface area (Å²) in [4.78, 5) is 15.8. The Morgan fingerprint density at radius 3 is 2.45 bits per heavy atom. The molecule has 1 N–H and O–H groups in total. The van der Waals surface area contributed by atoms with Crippen molar-refractivity contribution in [2.75, 3.05) is 26.3 Å². The van der Waals surface area contributed by atoms with E-state index in [1.165, 1.54) is 12.8 Å². The largest absolute Gasteiger partial charge is 0.381 e. The molecule has 2 aromatic rings. The smallest absolute Gasteiger partial charge is 0.233 e. The number of hydrogen-bond donors (Lipinski definition) is 1. The van der Waals surface area contributed by atoms with Crippen molar-refractivity contribution in [2.24, 2.45) is 0 Å². The van der Waals surface area contributed by atoms with E-state index in [0.717, 1.165) is 54.9 Å². The van der Waals surface area contributed by atoms with Gasteiger partial charge in [-0.1, -0.05) is 30.3 Å². The normalized spacial score (nSPS) is 22.6. The van der Waals surface area contributed by atoms with Gasteiger partial charge in [0, 0.05) is 38.3 Å². The minimum Gasteiger partial charge on any atom is -0.381 e. The number of amides is 1. The number of rotatable bonds is 4. The van der Waals surface area contributed by atoms with Crippen LogP contribution in [0.5, 0.6) is 0 Å². The number of aromatic amines is 1. The molecule has 1 amide bonds. The van der Waals surface area contributed by atoms with E-state index in [0.29, 0.717) is 25.2 Å². The molecular weight excluding hydrogens is 384 g/mol. The summed E-state index contributed by atoms with van der Waals surface area (Å²) < 4.78 is 8.57. The summed E-state index contributed by atoms with van der Waals surface area (Å²) in [6, 6.07) is 10.8. The van der Waals surface area contributed by atoms with Crippen LogP contribution >= 0.6 is 12.2 Å². The molecule has 0 spiro atoms. The lowest BCUT2D eigenvalue weighted by Crippen LogP contribution is -2.52. The molecule has 0 radical (unpaired) electrons. The van der Waals surface area contributed by atoms with Gasteiger partial charge in [-0.05, 0) is 56.3 Å². The van der Waals surface area contributed by atoms with Gasteiger partial charge < -0.3 is 14.2 Å². The molecule has 7 heteroatoms. The number of likely N-dealkylation sites (tertiary alicyclic amines) is 1. The summed E-state index contributed by atoms with van der Waals surface area (Å²) in [5.74, 6) is 1.73. The molecule has 6 nitrogen and oxygen atoms in total. The number of hydrogen-bond acceptors (Lipinski definition) is 4. The van der Waals surface area contributed by atoms with Crippen LogP contribution in [0.1, 0.15) is 61.9 Å². The number of aromatic nitrogens is 3. The standard InChI is InChI=1S/C22H28N4O2S/c27-20(22(10-14-28-15-11-22)17-4-2-1-3-5-17)25-12-8-16(9-13-25)19-23-24-21(29)26(19)18-6-7-18/h1-5,16,18H,6-15H2,(H,24,29). The van der Waals surface area contributed by atoms with Crippen LogP contribution in [0, 0.1) is 4.77 Å². The number of carbonyl (C=O) groups excluding carboxylic acids is 1. The minimum absolute atomic E-state index is 0.270. The number of benzene rings is 1. The van der Waals surface area contributed by atoms with Gasteiger partial charge in [-0.25, -0.2) is 0 Å². The summed E-state index contributed by atoms with van der Waals surface area (Å²) in [5, 5.41) is 7.54. The molecule has 5 rings (SSSR count). The molecule has 1 aromatic heterocycles. The van der Waals surface area contributed by atoms with E-state index in [1.54, 1.807) is 0 Å². The zero-order valence-corrected chi connectivity index (χ0v) is 17.5. The minimum atomic E-state index is -0.444. The van der Waals surface area contributed by atoms with Gasteiger partial charge in [0.25, 0.3) is 0 Å². The van der Waals surface area contributed by atoms with E-state index >= 15 is 0 Å². The lowest BCUT2D eigenvalue weighted by atomic mass is 9.72. The summed E-state index contributed by atoms with van der Waals surface area (Å²) in [7, 11) is 0. The average molecular weight is 413 g/mol. The molecular formula is C22H28N4O2S. The van der Waals surface area contributed by atoms with E-state index < -0.39 is 5.41 Å². The van der Waals surface area contributed by atoms with Crippen molar-refractivity contribution in [1.29, 1.82) is 0 Å². The number of H-pyrrole nitrogens is 1. The lowest BCUT2D eigenvalue weighted by molar-refractivity contribution is -0.142. The Balaban J connectivity index is 1.33. The average Bonchev–Trinajstić information content (AvgIpc) is 3.55. The number of nitrogens with one attached hydrogen (secondary N) is 1. The maximum absolute atomic E-state index is 13.7. The van der Waals surface area contributed by atoms with Gasteiger partial charge in [-0.15, -0.1) is 0 Å². The molecule has 3 heterocycles. The van der Waals surface area contributed by atoms with Crippen molar-refractivity contribution >= 4 is 18.1 Å². The quantitative estimate of drug-likeness (QED) is 0.778. The van der Waals surface area contributed by atoms with Gasteiger partial charge in [-0.2, -0.15) is 5.10 Å². The molecule has 3 fully saturated rings. The van der Waals surface area contributed by atoms with Crippen LogP contribution in [-0.4, -0.2) is 51.9 Å². The monoisotopic (exact) mass is 412 g/mol. The van der Waals surface area contributed by atoms with Gasteiger partial charge in [0.1, 0.15) is 5.82 Å². The Hall–Kier alpha value is -1.99. The Morgan fingerprint density at radius 1 is 1.10 bits per heavy atom. The third kappa shape index (κ3) is 3.44. The second-order valence-electron chi connectivity index (χ2n) is 8.62. The lowest BCUT2D eigenvalue weighted by Gasteiger charge is -2.42.